The van der Waals surface area contributed by atoms with Gasteiger partial charge in [-0.25, -0.2) is 0 Å². The average Bonchev–Trinajstić information content (AvgIpc) is 2.34. The van der Waals surface area contributed by atoms with E-state index in [1.807, 2.05) is 26.0 Å². The summed E-state index contributed by atoms with van der Waals surface area (Å²) in [7, 11) is 0. The number of hydrogen-bond acceptors (Lipinski definition) is 1. The Balaban J connectivity index is 3.32. The Morgan fingerprint density at radius 2 is 2.05 bits per heavy atom. The van der Waals surface area contributed by atoms with Crippen LogP contribution in [0, 0.1) is 11.3 Å². The summed E-state index contributed by atoms with van der Waals surface area (Å²) in [6, 6.07) is 0. The van der Waals surface area contributed by atoms with Gasteiger partial charge in [0.2, 0.25) is 0 Å². The zero-order valence-corrected chi connectivity index (χ0v) is 12.6. The van der Waals surface area contributed by atoms with Crippen LogP contribution in [0.15, 0.2) is 48.6 Å². The van der Waals surface area contributed by atoms with E-state index in [-0.39, 0.29) is 17.1 Å². The summed E-state index contributed by atoms with van der Waals surface area (Å²) in [6.45, 7) is 18.0. The summed E-state index contributed by atoms with van der Waals surface area (Å²) in [5, 5.41) is 0. The number of rotatable bonds is 6. The molecule has 1 nitrogen and oxygen atoms in total. The molecule has 19 heavy (non-hydrogen) atoms. The van der Waals surface area contributed by atoms with Crippen molar-refractivity contribution in [1.82, 2.24) is 0 Å². The van der Waals surface area contributed by atoms with Crippen molar-refractivity contribution in [2.75, 3.05) is 0 Å². The third-order valence-corrected chi connectivity index (χ3v) is 4.48. The molecule has 0 saturated carbocycles. The second-order valence-corrected chi connectivity index (χ2v) is 5.87. The third-order valence-electron chi connectivity index (χ3n) is 4.48. The van der Waals surface area contributed by atoms with Gasteiger partial charge in [0.05, 0.1) is 0 Å². The molecule has 0 amide bonds. The molecule has 0 saturated heterocycles. The molecule has 1 aliphatic rings. The van der Waals surface area contributed by atoms with Crippen molar-refractivity contribution in [2.24, 2.45) is 11.3 Å². The molecule has 0 N–H and O–H groups in total. The quantitative estimate of drug-likeness (QED) is 0.612. The van der Waals surface area contributed by atoms with Crippen molar-refractivity contribution in [3.8, 4) is 0 Å². The minimum Gasteiger partial charge on any atom is -0.295 e. The Hall–Kier alpha value is -1.37. The number of ketones is 1. The summed E-state index contributed by atoms with van der Waals surface area (Å²) in [5.74, 6) is 0.495. The molecule has 0 unspecified atom stereocenters. The van der Waals surface area contributed by atoms with Crippen molar-refractivity contribution in [3.05, 3.63) is 48.6 Å². The van der Waals surface area contributed by atoms with Crippen LogP contribution >= 0.6 is 0 Å². The molecule has 0 bridgehead atoms. The molecular formula is C18H26O. The number of allylic oxidation sites excluding steroid dienone is 5. The lowest BCUT2D eigenvalue weighted by Crippen LogP contribution is -2.37. The van der Waals surface area contributed by atoms with Crippen LogP contribution in [0.5, 0.6) is 0 Å². The van der Waals surface area contributed by atoms with Crippen LogP contribution in [-0.4, -0.2) is 5.78 Å². The van der Waals surface area contributed by atoms with Gasteiger partial charge in [0, 0.05) is 6.42 Å². The molecule has 0 spiro atoms. The lowest BCUT2D eigenvalue weighted by molar-refractivity contribution is -0.117. The fraction of sp³-hybridized carbons (Fsp3) is 0.500. The molecule has 1 heteroatoms. The van der Waals surface area contributed by atoms with E-state index in [0.717, 1.165) is 30.4 Å². The Labute approximate surface area is 117 Å². The fourth-order valence-corrected chi connectivity index (χ4v) is 3.37. The highest BCUT2D eigenvalue weighted by Gasteiger charge is 2.42. The monoisotopic (exact) mass is 258 g/mol. The van der Waals surface area contributed by atoms with E-state index in [0.29, 0.717) is 6.42 Å². The van der Waals surface area contributed by atoms with Crippen LogP contribution < -0.4 is 0 Å². The van der Waals surface area contributed by atoms with Crippen molar-refractivity contribution < 1.29 is 4.79 Å². The number of Topliss-reactive ketones (excluding diaryl/α,β-unsaturated/α-hetero) is 1. The van der Waals surface area contributed by atoms with Gasteiger partial charge < -0.3 is 0 Å². The zero-order chi connectivity index (χ0) is 14.6. The molecule has 1 rings (SSSR count). The van der Waals surface area contributed by atoms with E-state index >= 15 is 0 Å². The average molecular weight is 258 g/mol. The van der Waals surface area contributed by atoms with Gasteiger partial charge in [-0.05, 0) is 50.0 Å². The summed E-state index contributed by atoms with van der Waals surface area (Å²) in [6.07, 6.45) is 7.19. The lowest BCUT2D eigenvalue weighted by atomic mass is 9.59. The Morgan fingerprint density at radius 1 is 1.42 bits per heavy atom. The van der Waals surface area contributed by atoms with Gasteiger partial charge in [-0.1, -0.05) is 36.8 Å². The van der Waals surface area contributed by atoms with Crippen molar-refractivity contribution in [1.29, 1.82) is 0 Å². The van der Waals surface area contributed by atoms with Crippen LogP contribution in [0.4, 0.5) is 0 Å². The molecule has 2 atom stereocenters. The smallest absolute Gasteiger partial charge is 0.159 e. The zero-order valence-electron chi connectivity index (χ0n) is 12.6. The maximum Gasteiger partial charge on any atom is 0.159 e. The van der Waals surface area contributed by atoms with Crippen LogP contribution in [0.25, 0.3) is 0 Å². The van der Waals surface area contributed by atoms with Gasteiger partial charge in [0.1, 0.15) is 0 Å². The van der Waals surface area contributed by atoms with Crippen molar-refractivity contribution in [2.45, 2.75) is 46.5 Å². The normalized spacial score (nSPS) is 27.3. The van der Waals surface area contributed by atoms with Crippen LogP contribution in [0.1, 0.15) is 46.5 Å². The topological polar surface area (TPSA) is 17.1 Å². The second-order valence-electron chi connectivity index (χ2n) is 5.87. The summed E-state index contributed by atoms with van der Waals surface area (Å²) in [4.78, 5) is 12.2. The minimum absolute atomic E-state index is 0.0193. The standard InChI is InChI=1S/C18H26O/c1-7-9-10-15-14(5)17(19)12-16(13(3)4)18(15,6)11-8-2/h7-8,16H,1-3,9-12H2,4-6H3/t16-,18+/m0/s1. The highest BCUT2D eigenvalue weighted by molar-refractivity contribution is 5.97. The van der Waals surface area contributed by atoms with Crippen LogP contribution in [0.3, 0.4) is 0 Å². The first-order valence-electron chi connectivity index (χ1n) is 6.99. The first-order chi connectivity index (χ1) is 8.88. The van der Waals surface area contributed by atoms with E-state index in [1.165, 1.54) is 5.57 Å². The van der Waals surface area contributed by atoms with E-state index < -0.39 is 0 Å². The summed E-state index contributed by atoms with van der Waals surface area (Å²) in [5.41, 5.74) is 3.30. The minimum atomic E-state index is -0.0193. The summed E-state index contributed by atoms with van der Waals surface area (Å²) >= 11 is 0. The highest BCUT2D eigenvalue weighted by Crippen LogP contribution is 2.50. The van der Waals surface area contributed by atoms with Gasteiger partial charge in [-0.15, -0.1) is 13.2 Å². The van der Waals surface area contributed by atoms with E-state index in [2.05, 4.69) is 26.7 Å². The molecule has 0 fully saturated rings. The van der Waals surface area contributed by atoms with E-state index in [9.17, 15) is 4.79 Å². The van der Waals surface area contributed by atoms with Gasteiger partial charge >= 0.3 is 0 Å². The molecule has 0 aliphatic heterocycles. The maximum absolute atomic E-state index is 12.2. The molecule has 0 aromatic heterocycles. The second kappa shape index (κ2) is 6.18. The SMILES string of the molecule is C=CCCC1=C(C)C(=O)C[C@@H](C(=C)C)[C@]1(C)CC=C. The molecule has 104 valence electrons. The molecule has 0 heterocycles. The number of hydrogen-bond donors (Lipinski definition) is 0. The van der Waals surface area contributed by atoms with Gasteiger partial charge in [-0.2, -0.15) is 0 Å². The highest BCUT2D eigenvalue weighted by atomic mass is 16.1. The Morgan fingerprint density at radius 3 is 2.53 bits per heavy atom. The van der Waals surface area contributed by atoms with Crippen molar-refractivity contribution >= 4 is 5.78 Å². The molecule has 0 radical (unpaired) electrons. The predicted octanol–water partition coefficient (Wildman–Crippen LogP) is 5.02. The first-order valence-corrected chi connectivity index (χ1v) is 6.99. The number of carbonyl (C=O) groups is 1. The summed E-state index contributed by atoms with van der Waals surface area (Å²) < 4.78 is 0. The number of carbonyl (C=O) groups excluding carboxylic acids is 1. The fourth-order valence-electron chi connectivity index (χ4n) is 3.37. The third kappa shape index (κ3) is 2.97. The molecule has 1 aliphatic carbocycles. The van der Waals surface area contributed by atoms with Gasteiger partial charge in [-0.3, -0.25) is 4.79 Å². The van der Waals surface area contributed by atoms with Crippen LogP contribution in [0.2, 0.25) is 0 Å². The van der Waals surface area contributed by atoms with Gasteiger partial charge in [0.25, 0.3) is 0 Å². The van der Waals surface area contributed by atoms with E-state index in [1.54, 1.807) is 0 Å². The lowest BCUT2D eigenvalue weighted by Gasteiger charge is -2.44. The van der Waals surface area contributed by atoms with Crippen molar-refractivity contribution in [3.63, 3.8) is 0 Å². The first kappa shape index (κ1) is 15.7. The largest absolute Gasteiger partial charge is 0.295 e. The maximum atomic E-state index is 12.2. The molecule has 0 aromatic carbocycles. The Kier molecular flexibility index (Phi) is 5.11. The van der Waals surface area contributed by atoms with Crippen LogP contribution in [-0.2, 0) is 4.79 Å². The molecular weight excluding hydrogens is 232 g/mol. The van der Waals surface area contributed by atoms with E-state index in [4.69, 9.17) is 0 Å². The van der Waals surface area contributed by atoms with Gasteiger partial charge in [0.15, 0.2) is 5.78 Å². The predicted molar refractivity (Wildman–Crippen MR) is 83.0 cm³/mol. The Bertz CT molecular complexity index is 439. The molecule has 0 aromatic rings.